The summed E-state index contributed by atoms with van der Waals surface area (Å²) in [7, 11) is 1.35. The number of likely N-dealkylation sites (N-methyl/N-ethyl adjacent to an activating group) is 1. The summed E-state index contributed by atoms with van der Waals surface area (Å²) in [6, 6.07) is 0. The van der Waals surface area contributed by atoms with Gasteiger partial charge in [0.25, 0.3) is 7.82 Å². The number of hydrogen-bond donors (Lipinski definition) is 0. The highest BCUT2D eigenvalue weighted by atomic mass is 31.2. The lowest BCUT2D eigenvalue weighted by Gasteiger charge is -2.28. The van der Waals surface area contributed by atoms with Gasteiger partial charge in [0.2, 0.25) is 0 Å². The highest BCUT2D eigenvalue weighted by Crippen LogP contribution is 2.38. The Balaban J connectivity index is 4.18. The van der Waals surface area contributed by atoms with Crippen LogP contribution in [0.1, 0.15) is 200 Å². The lowest BCUT2D eigenvalue weighted by Crippen LogP contribution is -2.37. The van der Waals surface area contributed by atoms with Crippen LogP contribution >= 0.6 is 7.82 Å². The molecule has 0 aromatic carbocycles. The van der Waals surface area contributed by atoms with E-state index in [1.54, 1.807) is 0 Å². The lowest BCUT2D eigenvalue weighted by molar-refractivity contribution is -0.870. The number of phosphoric acid groups is 1. The minimum Gasteiger partial charge on any atom is -0.756 e. The van der Waals surface area contributed by atoms with Gasteiger partial charge in [0, 0.05) is 13.0 Å². The van der Waals surface area contributed by atoms with Gasteiger partial charge in [-0.3, -0.25) is 9.36 Å². The Morgan fingerprint density at radius 2 is 0.982 bits per heavy atom. The van der Waals surface area contributed by atoms with Crippen molar-refractivity contribution in [2.75, 3.05) is 54.1 Å². The summed E-state index contributed by atoms with van der Waals surface area (Å²) >= 11 is 0. The molecule has 56 heavy (non-hydrogen) atoms. The van der Waals surface area contributed by atoms with Gasteiger partial charge in [-0.15, -0.1) is 0 Å². The molecule has 0 fully saturated rings. The molecule has 0 saturated heterocycles. The van der Waals surface area contributed by atoms with Crippen LogP contribution in [0.15, 0.2) is 36.5 Å². The molecule has 2 unspecified atom stereocenters. The van der Waals surface area contributed by atoms with Gasteiger partial charge >= 0.3 is 5.97 Å². The second-order valence-electron chi connectivity index (χ2n) is 16.8. The Morgan fingerprint density at radius 1 is 0.554 bits per heavy atom. The van der Waals surface area contributed by atoms with E-state index in [0.717, 1.165) is 38.5 Å². The van der Waals surface area contributed by atoms with E-state index < -0.39 is 13.9 Å². The molecule has 330 valence electrons. The van der Waals surface area contributed by atoms with Crippen molar-refractivity contribution in [1.29, 1.82) is 0 Å². The quantitative estimate of drug-likeness (QED) is 0.0199. The highest BCUT2D eigenvalue weighted by molar-refractivity contribution is 7.45. The van der Waals surface area contributed by atoms with Gasteiger partial charge in [0.05, 0.1) is 34.4 Å². The molecule has 0 amide bonds. The number of carbonyl (C=O) groups excluding carboxylic acids is 1. The van der Waals surface area contributed by atoms with Crippen LogP contribution in [-0.4, -0.2) is 70.7 Å². The van der Waals surface area contributed by atoms with E-state index >= 15 is 0 Å². The molecule has 0 aliphatic heterocycles. The number of nitrogens with zero attached hydrogens (tertiary/aromatic N) is 1. The van der Waals surface area contributed by atoms with Gasteiger partial charge in [-0.1, -0.05) is 159 Å². The number of allylic oxidation sites excluding steroid dienone is 6. The second kappa shape index (κ2) is 40.5. The standard InChI is InChI=1S/C47H90NO7P/c1-6-8-10-12-14-16-18-20-21-22-23-24-25-26-27-28-30-32-34-36-38-40-47(49)55-46(45-54-56(50,51)53-43-41-48(3,4)5)44-52-42-39-37-35-33-31-29-19-17-15-13-11-9-7-2/h15,17-18,20,22-23,46H,6-14,16,19,21,24-45H2,1-5H3/b17-15-,20-18-,23-22-. The van der Waals surface area contributed by atoms with E-state index in [1.165, 1.54) is 141 Å². The summed E-state index contributed by atoms with van der Waals surface area (Å²) in [4.78, 5) is 25.1. The van der Waals surface area contributed by atoms with E-state index in [-0.39, 0.29) is 25.8 Å². The van der Waals surface area contributed by atoms with E-state index in [9.17, 15) is 14.3 Å². The first kappa shape index (κ1) is 54.7. The maximum atomic E-state index is 12.7. The van der Waals surface area contributed by atoms with Crippen LogP contribution in [0.5, 0.6) is 0 Å². The summed E-state index contributed by atoms with van der Waals surface area (Å²) in [5, 5.41) is 0. The Labute approximate surface area is 346 Å². The largest absolute Gasteiger partial charge is 0.756 e. The molecule has 0 aliphatic carbocycles. The predicted octanol–water partition coefficient (Wildman–Crippen LogP) is 13.1. The molecule has 0 heterocycles. The maximum absolute atomic E-state index is 12.7. The molecule has 0 spiro atoms. The first-order valence-corrected chi connectivity index (χ1v) is 24.7. The fourth-order valence-electron chi connectivity index (χ4n) is 6.28. The van der Waals surface area contributed by atoms with Gasteiger partial charge in [0.1, 0.15) is 19.3 Å². The average molecular weight is 812 g/mol. The molecule has 9 heteroatoms. The molecule has 0 bridgehead atoms. The van der Waals surface area contributed by atoms with Gasteiger partial charge in [-0.05, 0) is 70.6 Å². The predicted molar refractivity (Wildman–Crippen MR) is 236 cm³/mol. The van der Waals surface area contributed by atoms with Gasteiger partial charge in [-0.2, -0.15) is 0 Å². The zero-order chi connectivity index (χ0) is 41.3. The van der Waals surface area contributed by atoms with Crippen LogP contribution in [0.3, 0.4) is 0 Å². The number of carbonyl (C=O) groups is 1. The molecular formula is C47H90NO7P. The van der Waals surface area contributed by atoms with Crippen molar-refractivity contribution in [3.63, 3.8) is 0 Å². The number of esters is 1. The molecule has 0 rings (SSSR count). The van der Waals surface area contributed by atoms with Crippen molar-refractivity contribution in [1.82, 2.24) is 0 Å². The van der Waals surface area contributed by atoms with Crippen LogP contribution in [0.25, 0.3) is 0 Å². The highest BCUT2D eigenvalue weighted by Gasteiger charge is 2.20. The summed E-state index contributed by atoms with van der Waals surface area (Å²) in [5.41, 5.74) is 0. The third kappa shape index (κ3) is 43.8. The molecule has 0 radical (unpaired) electrons. The van der Waals surface area contributed by atoms with Crippen molar-refractivity contribution >= 4 is 13.8 Å². The number of unbranched alkanes of at least 4 members (excludes halogenated alkanes) is 23. The van der Waals surface area contributed by atoms with Crippen molar-refractivity contribution in [2.45, 2.75) is 206 Å². The smallest absolute Gasteiger partial charge is 0.306 e. The van der Waals surface area contributed by atoms with Crippen molar-refractivity contribution in [3.8, 4) is 0 Å². The number of quaternary nitrogens is 1. The average Bonchev–Trinajstić information content (AvgIpc) is 3.15. The van der Waals surface area contributed by atoms with Crippen molar-refractivity contribution in [2.24, 2.45) is 0 Å². The van der Waals surface area contributed by atoms with Crippen LogP contribution in [0.4, 0.5) is 0 Å². The fourth-order valence-corrected chi connectivity index (χ4v) is 7.01. The fraction of sp³-hybridized carbons (Fsp3) is 0.851. The van der Waals surface area contributed by atoms with Crippen molar-refractivity contribution < 1.29 is 37.3 Å². The monoisotopic (exact) mass is 812 g/mol. The first-order chi connectivity index (χ1) is 27.1. The zero-order valence-corrected chi connectivity index (χ0v) is 38.2. The van der Waals surface area contributed by atoms with Crippen LogP contribution in [0, 0.1) is 0 Å². The third-order valence-electron chi connectivity index (χ3n) is 9.91. The number of phosphoric ester groups is 1. The molecule has 0 aliphatic rings. The van der Waals surface area contributed by atoms with Crippen LogP contribution in [-0.2, 0) is 27.9 Å². The Bertz CT molecular complexity index is 994. The molecule has 0 N–H and O–H groups in total. The Kier molecular flexibility index (Phi) is 39.6. The molecule has 0 saturated carbocycles. The summed E-state index contributed by atoms with van der Waals surface area (Å²) in [6.45, 7) is 5.37. The van der Waals surface area contributed by atoms with E-state index in [2.05, 4.69) is 50.3 Å². The summed E-state index contributed by atoms with van der Waals surface area (Å²) < 4.78 is 34.6. The van der Waals surface area contributed by atoms with Gasteiger partial charge in [0.15, 0.2) is 0 Å². The molecular weight excluding hydrogens is 721 g/mol. The Morgan fingerprint density at radius 3 is 1.50 bits per heavy atom. The van der Waals surface area contributed by atoms with Crippen LogP contribution in [0.2, 0.25) is 0 Å². The molecule has 2 atom stereocenters. The number of rotatable bonds is 43. The van der Waals surface area contributed by atoms with E-state index in [4.69, 9.17) is 18.5 Å². The van der Waals surface area contributed by atoms with E-state index in [1.807, 2.05) is 21.1 Å². The SMILES string of the molecule is CCCCC/C=C\CCCCCCCCOCC(COP(=O)([O-])OCC[N+](C)(C)C)OC(=O)CCCCCCCCCCC/C=C\C/C=C\CCCCCCC. The normalized spacial score (nSPS) is 14.0. The first-order valence-electron chi connectivity index (χ1n) is 23.2. The second-order valence-corrected chi connectivity index (χ2v) is 18.2. The molecule has 0 aromatic rings. The lowest BCUT2D eigenvalue weighted by atomic mass is 10.1. The van der Waals surface area contributed by atoms with Gasteiger partial charge < -0.3 is 27.9 Å². The Hall–Kier alpha value is -1.28. The minimum absolute atomic E-state index is 0.0240. The number of hydrogen-bond acceptors (Lipinski definition) is 7. The summed E-state index contributed by atoms with van der Waals surface area (Å²) in [6.07, 6.45) is 47.2. The molecule has 0 aromatic heterocycles. The third-order valence-corrected chi connectivity index (χ3v) is 10.9. The van der Waals surface area contributed by atoms with Crippen molar-refractivity contribution in [3.05, 3.63) is 36.5 Å². The summed E-state index contributed by atoms with van der Waals surface area (Å²) in [5.74, 6) is -0.340. The number of ether oxygens (including phenoxy) is 2. The topological polar surface area (TPSA) is 94.1 Å². The van der Waals surface area contributed by atoms with E-state index in [0.29, 0.717) is 24.1 Å². The van der Waals surface area contributed by atoms with Gasteiger partial charge in [-0.25, -0.2) is 0 Å². The molecule has 8 nitrogen and oxygen atoms in total. The minimum atomic E-state index is -4.53. The van der Waals surface area contributed by atoms with Crippen LogP contribution < -0.4 is 4.89 Å². The maximum Gasteiger partial charge on any atom is 0.306 e. The zero-order valence-electron chi connectivity index (χ0n) is 37.3.